The molecule has 2 atom stereocenters. The summed E-state index contributed by atoms with van der Waals surface area (Å²) in [5.74, 6) is 1.40. The fourth-order valence-electron chi connectivity index (χ4n) is 5.73. The monoisotopic (exact) mass is 530 g/mol. The Labute approximate surface area is 228 Å². The first kappa shape index (κ1) is 25.9. The van der Waals surface area contributed by atoms with Gasteiger partial charge in [-0.15, -0.1) is 0 Å². The zero-order valence-electron chi connectivity index (χ0n) is 21.1. The van der Waals surface area contributed by atoms with E-state index in [-0.39, 0.29) is 24.5 Å². The number of benzene rings is 3. The molecule has 7 nitrogen and oxygen atoms in total. The largest absolute Gasteiger partial charge is 1.00 e. The topological polar surface area (TPSA) is 77.2 Å². The lowest BCUT2D eigenvalue weighted by molar-refractivity contribution is -0.959. The van der Waals surface area contributed by atoms with Crippen LogP contribution in [-0.4, -0.2) is 46.3 Å². The number of carbonyl (C=O) groups is 1. The van der Waals surface area contributed by atoms with E-state index in [9.17, 15) is 4.79 Å². The van der Waals surface area contributed by atoms with Gasteiger partial charge in [-0.1, -0.05) is 84.0 Å². The average molecular weight is 531 g/mol. The van der Waals surface area contributed by atoms with Crippen molar-refractivity contribution >= 4 is 11.7 Å². The van der Waals surface area contributed by atoms with E-state index in [4.69, 9.17) is 9.26 Å². The first-order valence-electron chi connectivity index (χ1n) is 13.0. The van der Waals surface area contributed by atoms with Crippen molar-refractivity contribution in [3.63, 3.8) is 0 Å². The lowest BCUT2D eigenvalue weighted by Gasteiger charge is -2.51. The number of piperidine rings is 3. The van der Waals surface area contributed by atoms with E-state index in [1.807, 2.05) is 91.0 Å². The molecule has 3 saturated heterocycles. The first-order valence-corrected chi connectivity index (χ1v) is 13.0. The minimum atomic E-state index is -0.572. The van der Waals surface area contributed by atoms with Gasteiger partial charge in [0.05, 0.1) is 13.1 Å². The Morgan fingerprint density at radius 1 is 0.947 bits per heavy atom. The number of rotatable bonds is 8. The SMILES string of the molecule is O=C(O[C@H]1C[N+]2(Cc3nc(-c4ccccc4)no3)CCC1CC2)[C@H](Nc1ccccc1)c1ccccc1.[Cl-]. The van der Waals surface area contributed by atoms with Gasteiger partial charge in [-0.05, 0) is 17.7 Å². The van der Waals surface area contributed by atoms with Crippen LogP contribution in [0.4, 0.5) is 5.69 Å². The number of quaternary nitrogens is 1. The lowest BCUT2D eigenvalue weighted by Crippen LogP contribution is -3.00. The standard InChI is InChI=1S/C30H31N4O3.ClH/c35-30(28(23-10-4-1-5-11-23)31-25-14-8-3-9-15-25)36-26-20-34(18-16-22(26)17-19-34)21-27-32-29(33-37-27)24-12-6-2-7-13-24;/h1-15,22,26,28,31H,16-21H2;1H/q+1;/p-1/t22?,26-,28+,34?;/m0./s1. The summed E-state index contributed by atoms with van der Waals surface area (Å²) in [5.41, 5.74) is 2.72. The summed E-state index contributed by atoms with van der Waals surface area (Å²) in [5, 5.41) is 7.59. The van der Waals surface area contributed by atoms with Gasteiger partial charge in [0.2, 0.25) is 5.82 Å². The molecule has 38 heavy (non-hydrogen) atoms. The Morgan fingerprint density at radius 3 is 2.26 bits per heavy atom. The third-order valence-corrected chi connectivity index (χ3v) is 7.73. The maximum Gasteiger partial charge on any atom is 0.333 e. The number of anilines is 1. The van der Waals surface area contributed by atoms with Crippen LogP contribution in [-0.2, 0) is 16.1 Å². The average Bonchev–Trinajstić information content (AvgIpc) is 3.41. The molecule has 7 rings (SSSR count). The molecule has 2 bridgehead atoms. The molecule has 3 aromatic carbocycles. The van der Waals surface area contributed by atoms with Crippen LogP contribution >= 0.6 is 0 Å². The zero-order valence-corrected chi connectivity index (χ0v) is 21.8. The summed E-state index contributed by atoms with van der Waals surface area (Å²) in [6.45, 7) is 3.50. The molecule has 4 heterocycles. The van der Waals surface area contributed by atoms with Crippen molar-refractivity contribution in [1.82, 2.24) is 10.1 Å². The summed E-state index contributed by atoms with van der Waals surface area (Å²) in [7, 11) is 0. The Bertz CT molecular complexity index is 1330. The van der Waals surface area contributed by atoms with Crippen molar-refractivity contribution < 1.29 is 30.9 Å². The van der Waals surface area contributed by atoms with Gasteiger partial charge in [-0.25, -0.2) is 4.79 Å². The number of nitrogens with zero attached hydrogens (tertiary/aromatic N) is 3. The molecule has 1 aromatic heterocycles. The van der Waals surface area contributed by atoms with E-state index in [1.165, 1.54) is 0 Å². The maximum absolute atomic E-state index is 13.6. The second-order valence-electron chi connectivity index (χ2n) is 10.2. The number of ether oxygens (including phenoxy) is 1. The first-order chi connectivity index (χ1) is 18.2. The molecular formula is C30H31ClN4O3. The van der Waals surface area contributed by atoms with Crippen LogP contribution in [0.15, 0.2) is 95.5 Å². The molecule has 3 fully saturated rings. The van der Waals surface area contributed by atoms with Crippen LogP contribution in [0.1, 0.15) is 30.3 Å². The molecule has 0 aliphatic carbocycles. The van der Waals surface area contributed by atoms with E-state index in [0.29, 0.717) is 24.2 Å². The van der Waals surface area contributed by atoms with Crippen LogP contribution in [0.25, 0.3) is 11.4 Å². The van der Waals surface area contributed by atoms with Crippen molar-refractivity contribution in [2.75, 3.05) is 25.0 Å². The van der Waals surface area contributed by atoms with Crippen LogP contribution in [0.3, 0.4) is 0 Å². The number of halogens is 1. The number of hydrogen-bond acceptors (Lipinski definition) is 6. The molecule has 196 valence electrons. The predicted molar refractivity (Wildman–Crippen MR) is 140 cm³/mol. The quantitative estimate of drug-likeness (QED) is 0.278. The number of nitrogens with one attached hydrogen (secondary N) is 1. The molecule has 4 aromatic rings. The smallest absolute Gasteiger partial charge is 0.333 e. The van der Waals surface area contributed by atoms with E-state index in [0.717, 1.165) is 53.8 Å². The van der Waals surface area contributed by atoms with Crippen molar-refractivity contribution in [2.24, 2.45) is 5.92 Å². The van der Waals surface area contributed by atoms with Gasteiger partial charge in [0.1, 0.15) is 6.54 Å². The fraction of sp³-hybridized carbons (Fsp3) is 0.300. The second kappa shape index (κ2) is 11.4. The van der Waals surface area contributed by atoms with Gasteiger partial charge in [0.25, 0.3) is 5.89 Å². The minimum absolute atomic E-state index is 0. The van der Waals surface area contributed by atoms with Crippen molar-refractivity contribution in [3.05, 3.63) is 102 Å². The third-order valence-electron chi connectivity index (χ3n) is 7.73. The van der Waals surface area contributed by atoms with Crippen molar-refractivity contribution in [1.29, 1.82) is 0 Å². The highest BCUT2D eigenvalue weighted by Gasteiger charge is 2.49. The van der Waals surface area contributed by atoms with Gasteiger partial charge in [-0.2, -0.15) is 4.98 Å². The molecule has 0 radical (unpaired) electrons. The molecule has 0 unspecified atom stereocenters. The van der Waals surface area contributed by atoms with Crippen LogP contribution in [0.2, 0.25) is 0 Å². The Morgan fingerprint density at radius 2 is 1.58 bits per heavy atom. The van der Waals surface area contributed by atoms with E-state index in [2.05, 4.69) is 15.5 Å². The van der Waals surface area contributed by atoms with Gasteiger partial charge < -0.3 is 31.5 Å². The minimum Gasteiger partial charge on any atom is -1.00 e. The number of carbonyl (C=O) groups excluding carboxylic acids is 1. The molecular weight excluding hydrogens is 500 g/mol. The van der Waals surface area contributed by atoms with Crippen molar-refractivity contribution in [2.45, 2.75) is 31.5 Å². The van der Waals surface area contributed by atoms with Crippen LogP contribution in [0, 0.1) is 5.92 Å². The van der Waals surface area contributed by atoms with Gasteiger partial charge >= 0.3 is 5.97 Å². The molecule has 1 N–H and O–H groups in total. The van der Waals surface area contributed by atoms with E-state index >= 15 is 0 Å². The van der Waals surface area contributed by atoms with Crippen molar-refractivity contribution in [3.8, 4) is 11.4 Å². The molecule has 3 aliphatic rings. The predicted octanol–water partition coefficient (Wildman–Crippen LogP) is 2.25. The summed E-state index contributed by atoms with van der Waals surface area (Å²) >= 11 is 0. The second-order valence-corrected chi connectivity index (χ2v) is 10.2. The fourth-order valence-corrected chi connectivity index (χ4v) is 5.73. The van der Waals surface area contributed by atoms with Crippen LogP contribution < -0.4 is 17.7 Å². The van der Waals surface area contributed by atoms with E-state index in [1.54, 1.807) is 0 Å². The zero-order chi connectivity index (χ0) is 25.1. The summed E-state index contributed by atoms with van der Waals surface area (Å²) in [4.78, 5) is 18.3. The summed E-state index contributed by atoms with van der Waals surface area (Å²) in [6.07, 6.45) is 1.93. The van der Waals surface area contributed by atoms with Gasteiger partial charge in [-0.3, -0.25) is 0 Å². The molecule has 0 spiro atoms. The maximum atomic E-state index is 13.6. The Hall–Kier alpha value is -3.68. The normalized spacial score (nSPS) is 22.7. The third kappa shape index (κ3) is 5.59. The number of fused-ring (bicyclic) bond motifs is 3. The number of aromatic nitrogens is 2. The van der Waals surface area contributed by atoms with Crippen LogP contribution in [0.5, 0.6) is 0 Å². The highest BCUT2D eigenvalue weighted by atomic mass is 35.5. The molecule has 8 heteroatoms. The summed E-state index contributed by atoms with van der Waals surface area (Å²) in [6, 6.07) is 28.9. The highest BCUT2D eigenvalue weighted by Crippen LogP contribution is 2.38. The van der Waals surface area contributed by atoms with Gasteiger partial charge in [0.15, 0.2) is 18.7 Å². The number of esters is 1. The summed E-state index contributed by atoms with van der Waals surface area (Å²) < 4.78 is 12.7. The Balaban J connectivity index is 0.00000294. The number of hydrogen-bond donors (Lipinski definition) is 1. The van der Waals surface area contributed by atoms with E-state index < -0.39 is 6.04 Å². The molecule has 3 aliphatic heterocycles. The lowest BCUT2D eigenvalue weighted by atomic mass is 9.83. The number of para-hydroxylation sites is 1. The Kier molecular flexibility index (Phi) is 7.77. The molecule has 0 amide bonds. The molecule has 0 saturated carbocycles. The highest BCUT2D eigenvalue weighted by molar-refractivity contribution is 5.81. The van der Waals surface area contributed by atoms with Gasteiger partial charge in [0, 0.05) is 30.0 Å².